The van der Waals surface area contributed by atoms with Crippen LogP contribution in [0.2, 0.25) is 0 Å². The number of nitrogens with zero attached hydrogens (tertiary/aromatic N) is 2. The third-order valence-electron chi connectivity index (χ3n) is 5.53. The number of carbonyl (C=O) groups excluding carboxylic acids is 2. The first-order chi connectivity index (χ1) is 13.9. The topological polar surface area (TPSA) is 78.0 Å². The van der Waals surface area contributed by atoms with Gasteiger partial charge in [-0.1, -0.05) is 44.2 Å². The van der Waals surface area contributed by atoms with Gasteiger partial charge in [0.05, 0.1) is 5.69 Å². The third-order valence-corrected chi connectivity index (χ3v) is 5.53. The number of nitrogens with two attached hydrogens (primary N) is 1. The summed E-state index contributed by atoms with van der Waals surface area (Å²) in [6.07, 6.45) is 5.31. The van der Waals surface area contributed by atoms with Gasteiger partial charge in [0.2, 0.25) is 5.91 Å². The Labute approximate surface area is 170 Å². The largest absolute Gasteiger partial charge is 0.368 e. The van der Waals surface area contributed by atoms with Gasteiger partial charge < -0.3 is 10.3 Å². The molecule has 4 rings (SSSR count). The Kier molecular flexibility index (Phi) is 4.82. The molecular weight excluding hydrogens is 362 g/mol. The summed E-state index contributed by atoms with van der Waals surface area (Å²) in [7, 11) is 0. The van der Waals surface area contributed by atoms with Gasteiger partial charge in [0.15, 0.2) is 5.78 Å². The average Bonchev–Trinajstić information content (AvgIpc) is 2.95. The predicted octanol–water partition coefficient (Wildman–Crippen LogP) is 3.78. The summed E-state index contributed by atoms with van der Waals surface area (Å²) >= 11 is 0. The van der Waals surface area contributed by atoms with Crippen LogP contribution >= 0.6 is 0 Å². The Morgan fingerprint density at radius 2 is 1.79 bits per heavy atom. The van der Waals surface area contributed by atoms with Crippen LogP contribution < -0.4 is 5.73 Å². The van der Waals surface area contributed by atoms with Gasteiger partial charge in [0.25, 0.3) is 0 Å². The summed E-state index contributed by atoms with van der Waals surface area (Å²) in [5, 5.41) is 0. The Morgan fingerprint density at radius 1 is 1.10 bits per heavy atom. The highest BCUT2D eigenvalue weighted by molar-refractivity contribution is 6.02. The lowest BCUT2D eigenvalue weighted by molar-refractivity contribution is -0.118. The summed E-state index contributed by atoms with van der Waals surface area (Å²) in [6.45, 7) is 4.25. The number of aromatic nitrogens is 2. The first kappa shape index (κ1) is 19.1. The Hall–Kier alpha value is -3.21. The number of primary amides is 1. The summed E-state index contributed by atoms with van der Waals surface area (Å²) in [6, 6.07) is 13.9. The smallest absolute Gasteiger partial charge is 0.237 e. The van der Waals surface area contributed by atoms with Crippen molar-refractivity contribution < 1.29 is 9.59 Å². The van der Waals surface area contributed by atoms with Crippen molar-refractivity contribution in [3.63, 3.8) is 0 Å². The lowest BCUT2D eigenvalue weighted by Gasteiger charge is -2.30. The fraction of sp³-hybridized carbons (Fsp3) is 0.292. The number of fused-ring (bicyclic) bond motifs is 1. The van der Waals surface area contributed by atoms with Crippen molar-refractivity contribution in [2.45, 2.75) is 39.7 Å². The minimum atomic E-state index is -0.416. The van der Waals surface area contributed by atoms with Gasteiger partial charge in [0, 0.05) is 42.1 Å². The zero-order valence-corrected chi connectivity index (χ0v) is 16.8. The second-order valence-corrected chi connectivity index (χ2v) is 8.54. The molecule has 1 aromatic carbocycles. The van der Waals surface area contributed by atoms with Gasteiger partial charge in [-0.25, -0.2) is 0 Å². The van der Waals surface area contributed by atoms with E-state index in [9.17, 15) is 9.59 Å². The zero-order valence-electron chi connectivity index (χ0n) is 16.8. The molecule has 5 nitrogen and oxygen atoms in total. The SMILES string of the molecule is CC1(C)CC(=O)c2c(Cc3ccccc3)c(-c3ccncc3)n(CC(N)=O)c2C1. The van der Waals surface area contributed by atoms with E-state index in [0.717, 1.165) is 40.1 Å². The van der Waals surface area contributed by atoms with Crippen LogP contribution in [0.15, 0.2) is 54.9 Å². The number of hydrogen-bond donors (Lipinski definition) is 1. The van der Waals surface area contributed by atoms with Gasteiger partial charge in [0.1, 0.15) is 6.54 Å². The van der Waals surface area contributed by atoms with Gasteiger partial charge in [-0.2, -0.15) is 0 Å². The third kappa shape index (κ3) is 3.73. The van der Waals surface area contributed by atoms with E-state index in [1.165, 1.54) is 0 Å². The van der Waals surface area contributed by atoms with Crippen LogP contribution in [0, 0.1) is 5.41 Å². The number of benzene rings is 1. The fourth-order valence-corrected chi connectivity index (χ4v) is 4.42. The van der Waals surface area contributed by atoms with Crippen molar-refractivity contribution in [3.8, 4) is 11.3 Å². The second kappa shape index (κ2) is 7.32. The molecule has 0 spiro atoms. The molecule has 1 aliphatic carbocycles. The molecule has 1 aliphatic rings. The van der Waals surface area contributed by atoms with Crippen LogP contribution in [0.1, 0.15) is 47.4 Å². The van der Waals surface area contributed by atoms with Crippen LogP contribution in [-0.2, 0) is 24.2 Å². The summed E-state index contributed by atoms with van der Waals surface area (Å²) in [5.41, 5.74) is 11.1. The van der Waals surface area contributed by atoms with Crippen LogP contribution in [-0.4, -0.2) is 21.2 Å². The maximum atomic E-state index is 13.3. The van der Waals surface area contributed by atoms with Crippen molar-refractivity contribution in [2.24, 2.45) is 11.1 Å². The number of carbonyl (C=O) groups is 2. The minimum Gasteiger partial charge on any atom is -0.368 e. The van der Waals surface area contributed by atoms with E-state index in [4.69, 9.17) is 5.73 Å². The molecule has 0 saturated heterocycles. The number of Topliss-reactive ketones (excluding diaryl/α,β-unsaturated/α-hetero) is 1. The molecule has 1 amide bonds. The quantitative estimate of drug-likeness (QED) is 0.724. The molecule has 0 radical (unpaired) electrons. The van der Waals surface area contributed by atoms with Crippen molar-refractivity contribution in [2.75, 3.05) is 0 Å². The summed E-state index contributed by atoms with van der Waals surface area (Å²) in [5.74, 6) is -0.277. The van der Waals surface area contributed by atoms with Crippen molar-refractivity contribution in [1.29, 1.82) is 0 Å². The van der Waals surface area contributed by atoms with Crippen molar-refractivity contribution in [3.05, 3.63) is 77.2 Å². The number of rotatable bonds is 5. The van der Waals surface area contributed by atoms with Gasteiger partial charge in [-0.05, 0) is 35.1 Å². The molecule has 0 aliphatic heterocycles. The number of hydrogen-bond acceptors (Lipinski definition) is 3. The van der Waals surface area contributed by atoms with E-state index in [1.807, 2.05) is 34.9 Å². The van der Waals surface area contributed by atoms with Crippen molar-refractivity contribution >= 4 is 11.7 Å². The maximum absolute atomic E-state index is 13.3. The maximum Gasteiger partial charge on any atom is 0.237 e. The molecule has 2 heterocycles. The molecule has 29 heavy (non-hydrogen) atoms. The first-order valence-corrected chi connectivity index (χ1v) is 9.86. The van der Waals surface area contributed by atoms with E-state index in [1.54, 1.807) is 12.4 Å². The summed E-state index contributed by atoms with van der Waals surface area (Å²) < 4.78 is 1.96. The highest BCUT2D eigenvalue weighted by atomic mass is 16.1. The Morgan fingerprint density at radius 3 is 2.45 bits per heavy atom. The predicted molar refractivity (Wildman–Crippen MR) is 113 cm³/mol. The van der Waals surface area contributed by atoms with E-state index in [2.05, 4.69) is 31.0 Å². The standard InChI is InChI=1S/C24H25N3O2/c1-24(2)13-19-22(20(28)14-24)18(12-16-6-4-3-5-7-16)23(27(19)15-21(25)29)17-8-10-26-11-9-17/h3-11H,12-15H2,1-2H3,(H2,25,29). The van der Waals surface area contributed by atoms with Crippen LogP contribution in [0.5, 0.6) is 0 Å². The zero-order chi connectivity index (χ0) is 20.6. The molecular formula is C24H25N3O2. The number of ketones is 1. The van der Waals surface area contributed by atoms with Gasteiger partial charge in [-0.3, -0.25) is 14.6 Å². The Balaban J connectivity index is 2.00. The minimum absolute atomic E-state index is 0.0537. The molecule has 0 fully saturated rings. The van der Waals surface area contributed by atoms with E-state index in [0.29, 0.717) is 12.8 Å². The lowest BCUT2D eigenvalue weighted by atomic mass is 9.75. The molecule has 148 valence electrons. The monoisotopic (exact) mass is 387 g/mol. The van der Waals surface area contributed by atoms with Crippen molar-refractivity contribution in [1.82, 2.24) is 9.55 Å². The van der Waals surface area contributed by atoms with Crippen LogP contribution in [0.25, 0.3) is 11.3 Å². The number of pyridine rings is 1. The molecule has 0 saturated carbocycles. The highest BCUT2D eigenvalue weighted by Gasteiger charge is 2.37. The van der Waals surface area contributed by atoms with Gasteiger partial charge >= 0.3 is 0 Å². The molecule has 5 heteroatoms. The van der Waals surface area contributed by atoms with Gasteiger partial charge in [-0.15, -0.1) is 0 Å². The molecule has 3 aromatic rings. The van der Waals surface area contributed by atoms with Crippen LogP contribution in [0.4, 0.5) is 0 Å². The van der Waals surface area contributed by atoms with E-state index < -0.39 is 5.91 Å². The molecule has 0 bridgehead atoms. The Bertz CT molecular complexity index is 1070. The molecule has 2 N–H and O–H groups in total. The van der Waals surface area contributed by atoms with Crippen LogP contribution in [0.3, 0.4) is 0 Å². The first-order valence-electron chi connectivity index (χ1n) is 9.86. The fourth-order valence-electron chi connectivity index (χ4n) is 4.42. The lowest BCUT2D eigenvalue weighted by Crippen LogP contribution is -2.30. The molecule has 0 unspecified atom stereocenters. The average molecular weight is 387 g/mol. The normalized spacial score (nSPS) is 15.2. The summed E-state index contributed by atoms with van der Waals surface area (Å²) in [4.78, 5) is 29.3. The molecule has 0 atom stereocenters. The van der Waals surface area contributed by atoms with E-state index in [-0.39, 0.29) is 17.7 Å². The van der Waals surface area contributed by atoms with E-state index >= 15 is 0 Å². The number of amides is 1. The second-order valence-electron chi connectivity index (χ2n) is 8.54. The highest BCUT2D eigenvalue weighted by Crippen LogP contribution is 2.42. The molecule has 2 aromatic heterocycles.